The van der Waals surface area contributed by atoms with Crippen LogP contribution in [0.1, 0.15) is 48.2 Å². The Morgan fingerprint density at radius 1 is 1.39 bits per heavy atom. The summed E-state index contributed by atoms with van der Waals surface area (Å²) in [5, 5.41) is 15.5. The summed E-state index contributed by atoms with van der Waals surface area (Å²) in [4.78, 5) is 12.4. The average Bonchev–Trinajstić information content (AvgIpc) is 2.65. The maximum absolute atomic E-state index is 11.9. The van der Waals surface area contributed by atoms with Crippen LogP contribution in [-0.4, -0.2) is 23.2 Å². The Bertz CT molecular complexity index is 411. The van der Waals surface area contributed by atoms with E-state index in [9.17, 15) is 9.90 Å². The van der Waals surface area contributed by atoms with Crippen molar-refractivity contribution in [2.24, 2.45) is 0 Å². The van der Waals surface area contributed by atoms with Crippen LogP contribution in [0.25, 0.3) is 0 Å². The number of hydrogen-bond acceptors (Lipinski definition) is 3. The molecule has 0 unspecified atom stereocenters. The molecule has 0 spiro atoms. The number of halogens is 1. The Morgan fingerprint density at radius 2 is 2.06 bits per heavy atom. The van der Waals surface area contributed by atoms with E-state index in [1.165, 1.54) is 24.2 Å². The Morgan fingerprint density at radius 3 is 2.61 bits per heavy atom. The van der Waals surface area contributed by atoms with Crippen LogP contribution in [-0.2, 0) is 0 Å². The Hall–Kier alpha value is -0.580. The second-order valence-electron chi connectivity index (χ2n) is 4.92. The van der Waals surface area contributed by atoms with Crippen LogP contribution in [0, 0.1) is 0 Å². The lowest BCUT2D eigenvalue weighted by Crippen LogP contribution is -2.42. The summed E-state index contributed by atoms with van der Waals surface area (Å²) in [5.74, 6) is -0.187. The van der Waals surface area contributed by atoms with Crippen molar-refractivity contribution in [3.63, 3.8) is 0 Å². The van der Waals surface area contributed by atoms with E-state index >= 15 is 0 Å². The predicted octanol–water partition coefficient (Wildman–Crippen LogP) is 3.22. The third-order valence-corrected chi connectivity index (χ3v) is 4.78. The molecule has 18 heavy (non-hydrogen) atoms. The predicted molar refractivity (Wildman–Crippen MR) is 74.3 cm³/mol. The molecule has 1 aromatic heterocycles. The molecule has 100 valence electrons. The molecule has 5 heteroatoms. The summed E-state index contributed by atoms with van der Waals surface area (Å²) in [6, 6.07) is 1.71. The van der Waals surface area contributed by atoms with Gasteiger partial charge in [-0.1, -0.05) is 37.3 Å². The van der Waals surface area contributed by atoms with Crippen LogP contribution in [0.2, 0.25) is 5.02 Å². The van der Waals surface area contributed by atoms with Crippen LogP contribution in [0.3, 0.4) is 0 Å². The smallest absolute Gasteiger partial charge is 0.262 e. The number of amides is 1. The van der Waals surface area contributed by atoms with E-state index in [0.717, 1.165) is 25.7 Å². The van der Waals surface area contributed by atoms with E-state index in [4.69, 9.17) is 11.6 Å². The van der Waals surface area contributed by atoms with Crippen molar-refractivity contribution >= 4 is 28.8 Å². The number of carbonyl (C=O) groups is 1. The summed E-state index contributed by atoms with van der Waals surface area (Å²) in [6.45, 7) is 0.320. The van der Waals surface area contributed by atoms with Gasteiger partial charge >= 0.3 is 0 Å². The molecule has 1 aliphatic rings. The molecule has 0 aliphatic heterocycles. The van der Waals surface area contributed by atoms with Crippen molar-refractivity contribution in [2.45, 2.75) is 44.1 Å². The van der Waals surface area contributed by atoms with E-state index < -0.39 is 5.60 Å². The number of hydrogen-bond donors (Lipinski definition) is 2. The molecular weight excluding hydrogens is 270 g/mol. The zero-order valence-electron chi connectivity index (χ0n) is 10.2. The standard InChI is InChI=1S/C13H18ClNO2S/c14-10-5-8-18-11(10)12(16)15-9-13(17)6-3-1-2-4-7-13/h5,8,17H,1-4,6-7,9H2,(H,15,16). The highest BCUT2D eigenvalue weighted by atomic mass is 35.5. The number of aliphatic hydroxyl groups is 1. The summed E-state index contributed by atoms with van der Waals surface area (Å²) in [7, 11) is 0. The minimum atomic E-state index is -0.740. The number of carbonyl (C=O) groups excluding carboxylic acids is 1. The quantitative estimate of drug-likeness (QED) is 0.839. The van der Waals surface area contributed by atoms with Crippen molar-refractivity contribution in [1.82, 2.24) is 5.32 Å². The van der Waals surface area contributed by atoms with E-state index in [2.05, 4.69) is 5.32 Å². The zero-order valence-corrected chi connectivity index (χ0v) is 11.8. The van der Waals surface area contributed by atoms with E-state index in [1.807, 2.05) is 0 Å². The van der Waals surface area contributed by atoms with Crippen LogP contribution in [0.5, 0.6) is 0 Å². The molecular formula is C13H18ClNO2S. The molecule has 3 nitrogen and oxygen atoms in total. The van der Waals surface area contributed by atoms with Crippen molar-refractivity contribution in [3.05, 3.63) is 21.3 Å². The van der Waals surface area contributed by atoms with Gasteiger partial charge in [-0.25, -0.2) is 0 Å². The summed E-state index contributed by atoms with van der Waals surface area (Å²) in [6.07, 6.45) is 5.95. The van der Waals surface area contributed by atoms with Crippen LogP contribution in [0.4, 0.5) is 0 Å². The first kappa shape index (κ1) is 13.8. The summed E-state index contributed by atoms with van der Waals surface area (Å²) in [5.41, 5.74) is -0.740. The maximum atomic E-state index is 11.9. The molecule has 1 fully saturated rings. The lowest BCUT2D eigenvalue weighted by Gasteiger charge is -2.26. The molecule has 0 atom stereocenters. The fourth-order valence-corrected chi connectivity index (χ4v) is 3.40. The highest BCUT2D eigenvalue weighted by Gasteiger charge is 2.28. The second-order valence-corrected chi connectivity index (χ2v) is 6.24. The number of nitrogens with one attached hydrogen (secondary N) is 1. The highest BCUT2D eigenvalue weighted by Crippen LogP contribution is 2.27. The highest BCUT2D eigenvalue weighted by molar-refractivity contribution is 7.12. The first-order valence-electron chi connectivity index (χ1n) is 6.34. The molecule has 1 aliphatic carbocycles. The fraction of sp³-hybridized carbons (Fsp3) is 0.615. The van der Waals surface area contributed by atoms with Gasteiger partial charge < -0.3 is 10.4 Å². The first-order valence-corrected chi connectivity index (χ1v) is 7.60. The second kappa shape index (κ2) is 6.04. The van der Waals surface area contributed by atoms with Gasteiger partial charge in [-0.3, -0.25) is 4.79 Å². The third-order valence-electron chi connectivity index (χ3n) is 3.44. The van der Waals surface area contributed by atoms with Crippen molar-refractivity contribution in [3.8, 4) is 0 Å². The molecule has 2 rings (SSSR count). The van der Waals surface area contributed by atoms with Crippen molar-refractivity contribution in [2.75, 3.05) is 6.54 Å². The minimum Gasteiger partial charge on any atom is -0.388 e. The molecule has 0 radical (unpaired) electrons. The van der Waals surface area contributed by atoms with Crippen LogP contribution in [0.15, 0.2) is 11.4 Å². The van der Waals surface area contributed by atoms with Gasteiger partial charge in [0.25, 0.3) is 5.91 Å². The van der Waals surface area contributed by atoms with Gasteiger partial charge in [0.1, 0.15) is 4.88 Å². The lowest BCUT2D eigenvalue weighted by molar-refractivity contribution is 0.0247. The van der Waals surface area contributed by atoms with E-state index in [-0.39, 0.29) is 5.91 Å². The van der Waals surface area contributed by atoms with E-state index in [0.29, 0.717) is 16.4 Å². The van der Waals surface area contributed by atoms with Gasteiger partial charge in [0.15, 0.2) is 0 Å². The Labute approximate surface area is 116 Å². The Balaban J connectivity index is 1.90. The van der Waals surface area contributed by atoms with Crippen LogP contribution < -0.4 is 5.32 Å². The van der Waals surface area contributed by atoms with E-state index in [1.54, 1.807) is 11.4 Å². The van der Waals surface area contributed by atoms with Gasteiger partial charge in [-0.2, -0.15) is 0 Å². The third kappa shape index (κ3) is 3.46. The monoisotopic (exact) mass is 287 g/mol. The zero-order chi connectivity index (χ0) is 13.0. The summed E-state index contributed by atoms with van der Waals surface area (Å²) < 4.78 is 0. The molecule has 0 saturated heterocycles. The molecule has 1 aromatic rings. The molecule has 1 saturated carbocycles. The maximum Gasteiger partial charge on any atom is 0.262 e. The molecule has 0 aromatic carbocycles. The molecule has 0 bridgehead atoms. The van der Waals surface area contributed by atoms with Gasteiger partial charge in [0, 0.05) is 6.54 Å². The summed E-state index contributed by atoms with van der Waals surface area (Å²) >= 11 is 7.23. The topological polar surface area (TPSA) is 49.3 Å². The van der Waals surface area contributed by atoms with Gasteiger partial charge in [0.05, 0.1) is 10.6 Å². The molecule has 1 amide bonds. The molecule has 1 heterocycles. The molecule has 2 N–H and O–H groups in total. The van der Waals surface area contributed by atoms with Gasteiger partial charge in [0.2, 0.25) is 0 Å². The van der Waals surface area contributed by atoms with Gasteiger partial charge in [-0.05, 0) is 24.3 Å². The number of rotatable bonds is 3. The Kier molecular flexibility index (Phi) is 4.65. The fourth-order valence-electron chi connectivity index (χ4n) is 2.34. The SMILES string of the molecule is O=C(NCC1(O)CCCCCC1)c1sccc1Cl. The van der Waals surface area contributed by atoms with Crippen molar-refractivity contribution < 1.29 is 9.90 Å². The van der Waals surface area contributed by atoms with Gasteiger partial charge in [-0.15, -0.1) is 11.3 Å². The number of thiophene rings is 1. The largest absolute Gasteiger partial charge is 0.388 e. The normalized spacial score (nSPS) is 19.2. The lowest BCUT2D eigenvalue weighted by atomic mass is 9.94. The van der Waals surface area contributed by atoms with Crippen LogP contribution >= 0.6 is 22.9 Å². The first-order chi connectivity index (χ1) is 8.61. The van der Waals surface area contributed by atoms with Crippen molar-refractivity contribution in [1.29, 1.82) is 0 Å². The average molecular weight is 288 g/mol. The minimum absolute atomic E-state index is 0.187.